The molecule has 4 rings (SSSR count). The fourth-order valence-electron chi connectivity index (χ4n) is 3.81. The molecule has 9 nitrogen and oxygen atoms in total. The third-order valence-electron chi connectivity index (χ3n) is 5.44. The van der Waals surface area contributed by atoms with Crippen LogP contribution in [0.4, 0.5) is 5.82 Å². The molecule has 1 fully saturated rings. The Hall–Kier alpha value is -3.04. The fraction of sp³-hybridized carbons (Fsp3) is 0.455. The van der Waals surface area contributed by atoms with Gasteiger partial charge in [0.2, 0.25) is 5.75 Å². The van der Waals surface area contributed by atoms with Gasteiger partial charge in [-0.15, -0.1) is 0 Å². The van der Waals surface area contributed by atoms with Gasteiger partial charge in [0.1, 0.15) is 5.82 Å². The lowest BCUT2D eigenvalue weighted by atomic mass is 10.1. The van der Waals surface area contributed by atoms with Gasteiger partial charge in [-0.25, -0.2) is 4.98 Å². The molecule has 9 heteroatoms. The van der Waals surface area contributed by atoms with E-state index in [9.17, 15) is 0 Å². The summed E-state index contributed by atoms with van der Waals surface area (Å²) in [5.41, 5.74) is 2.53. The highest BCUT2D eigenvalue weighted by molar-refractivity contribution is 5.81. The van der Waals surface area contributed by atoms with Crippen molar-refractivity contribution in [3.8, 4) is 28.4 Å². The topological polar surface area (TPSA) is 82.4 Å². The smallest absolute Gasteiger partial charge is 0.203 e. The summed E-state index contributed by atoms with van der Waals surface area (Å²) < 4.78 is 23.6. The van der Waals surface area contributed by atoms with Crippen LogP contribution in [0, 0.1) is 0 Å². The number of hydrogen-bond donors (Lipinski definition) is 1. The van der Waals surface area contributed by atoms with Crippen molar-refractivity contribution in [1.82, 2.24) is 19.5 Å². The zero-order chi connectivity index (χ0) is 21.6. The Morgan fingerprint density at radius 3 is 2.48 bits per heavy atom. The van der Waals surface area contributed by atoms with E-state index in [2.05, 4.69) is 20.3 Å². The van der Waals surface area contributed by atoms with Gasteiger partial charge in [0.15, 0.2) is 17.1 Å². The van der Waals surface area contributed by atoms with Crippen LogP contribution in [0.1, 0.15) is 6.42 Å². The number of benzene rings is 1. The molecule has 1 N–H and O–H groups in total. The number of rotatable bonds is 9. The molecule has 1 aliphatic rings. The fourth-order valence-corrected chi connectivity index (χ4v) is 3.81. The third-order valence-corrected chi connectivity index (χ3v) is 5.44. The van der Waals surface area contributed by atoms with E-state index in [0.29, 0.717) is 17.2 Å². The van der Waals surface area contributed by atoms with Crippen molar-refractivity contribution in [1.29, 1.82) is 0 Å². The third kappa shape index (κ3) is 4.52. The second-order valence-corrected chi connectivity index (χ2v) is 7.27. The number of aromatic nitrogens is 3. The van der Waals surface area contributed by atoms with Crippen molar-refractivity contribution < 1.29 is 18.9 Å². The van der Waals surface area contributed by atoms with Gasteiger partial charge < -0.3 is 24.3 Å². The second kappa shape index (κ2) is 9.84. The average molecular weight is 428 g/mol. The number of ether oxygens (including phenoxy) is 4. The lowest BCUT2D eigenvalue weighted by Crippen LogP contribution is -2.37. The maximum atomic E-state index is 5.49. The normalized spacial score (nSPS) is 14.5. The summed E-state index contributed by atoms with van der Waals surface area (Å²) in [4.78, 5) is 6.99. The molecule has 0 atom stereocenters. The minimum Gasteiger partial charge on any atom is -0.493 e. The summed E-state index contributed by atoms with van der Waals surface area (Å²) in [6.45, 7) is 5.59. The molecule has 0 amide bonds. The molecule has 0 saturated carbocycles. The Labute approximate surface area is 181 Å². The molecule has 0 spiro atoms. The van der Waals surface area contributed by atoms with Gasteiger partial charge in [0.25, 0.3) is 0 Å². The second-order valence-electron chi connectivity index (χ2n) is 7.27. The monoisotopic (exact) mass is 427 g/mol. The van der Waals surface area contributed by atoms with Gasteiger partial charge in [-0.1, -0.05) is 0 Å². The average Bonchev–Trinajstić information content (AvgIpc) is 3.26. The minimum atomic E-state index is 0.556. The zero-order valence-electron chi connectivity index (χ0n) is 18.3. The molecule has 3 heterocycles. The first-order valence-electron chi connectivity index (χ1n) is 10.4. The van der Waals surface area contributed by atoms with Crippen LogP contribution in [0.2, 0.25) is 0 Å². The van der Waals surface area contributed by atoms with Crippen LogP contribution in [-0.2, 0) is 4.74 Å². The van der Waals surface area contributed by atoms with Gasteiger partial charge in [0.05, 0.1) is 40.7 Å². The summed E-state index contributed by atoms with van der Waals surface area (Å²) in [7, 11) is 4.80. The molecule has 1 aromatic carbocycles. The van der Waals surface area contributed by atoms with Crippen LogP contribution in [0.3, 0.4) is 0 Å². The molecule has 0 bridgehead atoms. The zero-order valence-corrected chi connectivity index (χ0v) is 18.3. The number of hydrogen-bond acceptors (Lipinski definition) is 8. The first-order chi connectivity index (χ1) is 15.2. The first kappa shape index (κ1) is 21.2. The molecular weight excluding hydrogens is 398 g/mol. The largest absolute Gasteiger partial charge is 0.493 e. The molecule has 1 aliphatic heterocycles. The highest BCUT2D eigenvalue weighted by Gasteiger charge is 2.18. The maximum absolute atomic E-state index is 5.49. The van der Waals surface area contributed by atoms with E-state index in [1.54, 1.807) is 27.5 Å². The van der Waals surface area contributed by atoms with Crippen LogP contribution >= 0.6 is 0 Å². The van der Waals surface area contributed by atoms with Crippen molar-refractivity contribution >= 4 is 11.5 Å². The van der Waals surface area contributed by atoms with Crippen LogP contribution in [-0.4, -0.2) is 80.2 Å². The molecular formula is C22H29N5O4. The Kier molecular flexibility index (Phi) is 6.73. The highest BCUT2D eigenvalue weighted by atomic mass is 16.5. The number of anilines is 1. The Morgan fingerprint density at radius 1 is 1.06 bits per heavy atom. The van der Waals surface area contributed by atoms with Gasteiger partial charge >= 0.3 is 0 Å². The highest BCUT2D eigenvalue weighted by Crippen LogP contribution is 2.41. The molecule has 0 unspecified atom stereocenters. The molecule has 1 saturated heterocycles. The van der Waals surface area contributed by atoms with Crippen LogP contribution in [0.5, 0.6) is 17.2 Å². The number of nitrogens with zero attached hydrogens (tertiary/aromatic N) is 4. The van der Waals surface area contributed by atoms with Crippen molar-refractivity contribution in [2.24, 2.45) is 0 Å². The Bertz CT molecular complexity index is 991. The first-order valence-corrected chi connectivity index (χ1v) is 10.4. The van der Waals surface area contributed by atoms with E-state index >= 15 is 0 Å². The summed E-state index contributed by atoms with van der Waals surface area (Å²) in [6, 6.07) is 5.75. The standard InChI is InChI=1S/C22H29N5O4/c1-28-18-13-16(14-19(29-2)21(18)30-3)17-15-25-27-20(5-7-24-22(17)27)23-6-4-8-26-9-11-31-12-10-26/h5,7,13-15,23H,4,6,8-12H2,1-3H3. The van der Waals surface area contributed by atoms with Crippen LogP contribution < -0.4 is 19.5 Å². The van der Waals surface area contributed by atoms with Crippen molar-refractivity contribution in [3.05, 3.63) is 30.6 Å². The molecule has 0 radical (unpaired) electrons. The summed E-state index contributed by atoms with van der Waals surface area (Å²) in [5.74, 6) is 2.65. The molecule has 2 aromatic heterocycles. The maximum Gasteiger partial charge on any atom is 0.203 e. The van der Waals surface area contributed by atoms with E-state index in [1.807, 2.05) is 28.9 Å². The van der Waals surface area contributed by atoms with Gasteiger partial charge in [-0.2, -0.15) is 9.61 Å². The summed E-state index contributed by atoms with van der Waals surface area (Å²) >= 11 is 0. The van der Waals surface area contributed by atoms with E-state index in [1.165, 1.54) is 0 Å². The van der Waals surface area contributed by atoms with E-state index in [0.717, 1.165) is 68.4 Å². The number of morpholine rings is 1. The summed E-state index contributed by atoms with van der Waals surface area (Å²) in [6.07, 6.45) is 4.65. The van der Waals surface area contributed by atoms with Crippen molar-refractivity contribution in [2.45, 2.75) is 6.42 Å². The van der Waals surface area contributed by atoms with Gasteiger partial charge in [-0.3, -0.25) is 4.90 Å². The van der Waals surface area contributed by atoms with Crippen LogP contribution in [0.15, 0.2) is 30.6 Å². The van der Waals surface area contributed by atoms with Crippen molar-refractivity contribution in [2.75, 3.05) is 66.0 Å². The van der Waals surface area contributed by atoms with E-state index in [-0.39, 0.29) is 0 Å². The van der Waals surface area contributed by atoms with E-state index < -0.39 is 0 Å². The molecule has 0 aliphatic carbocycles. The van der Waals surface area contributed by atoms with E-state index in [4.69, 9.17) is 18.9 Å². The quantitative estimate of drug-likeness (QED) is 0.522. The number of methoxy groups -OCH3 is 3. The Balaban J connectivity index is 1.53. The summed E-state index contributed by atoms with van der Waals surface area (Å²) in [5, 5.41) is 8.06. The SMILES string of the molecule is COc1cc(-c2cnn3c(NCCCN4CCOCC4)ccnc23)cc(OC)c1OC. The molecule has 3 aromatic rings. The Morgan fingerprint density at radius 2 is 1.81 bits per heavy atom. The predicted octanol–water partition coefficient (Wildman–Crippen LogP) is 2.56. The lowest BCUT2D eigenvalue weighted by Gasteiger charge is -2.26. The van der Waals surface area contributed by atoms with Gasteiger partial charge in [-0.05, 0) is 36.7 Å². The van der Waals surface area contributed by atoms with Crippen LogP contribution in [0.25, 0.3) is 16.8 Å². The predicted molar refractivity (Wildman–Crippen MR) is 118 cm³/mol. The van der Waals surface area contributed by atoms with Crippen molar-refractivity contribution in [3.63, 3.8) is 0 Å². The molecule has 166 valence electrons. The number of fused-ring (bicyclic) bond motifs is 1. The number of nitrogens with one attached hydrogen (secondary N) is 1. The molecule has 31 heavy (non-hydrogen) atoms. The van der Waals surface area contributed by atoms with Gasteiger partial charge in [0, 0.05) is 31.4 Å². The lowest BCUT2D eigenvalue weighted by molar-refractivity contribution is 0.0378. The minimum absolute atomic E-state index is 0.556.